The van der Waals surface area contributed by atoms with Crippen LogP contribution in [-0.2, 0) is 0 Å². The van der Waals surface area contributed by atoms with E-state index < -0.39 is 0 Å². The second kappa shape index (κ2) is 4.60. The van der Waals surface area contributed by atoms with Gasteiger partial charge in [0.25, 0.3) is 0 Å². The number of H-pyrrole nitrogens is 1. The molecule has 86 valence electrons. The van der Waals surface area contributed by atoms with E-state index in [4.69, 9.17) is 11.6 Å². The number of nitrogens with one attached hydrogen (secondary N) is 2. The normalized spacial score (nSPS) is 10.9. The van der Waals surface area contributed by atoms with Gasteiger partial charge in [0.2, 0.25) is 0 Å². The maximum Gasteiger partial charge on any atom is 0.170 e. The molecule has 0 spiro atoms. The maximum atomic E-state index is 6.07. The monoisotopic (exact) mass is 281 g/mol. The zero-order valence-electron chi connectivity index (χ0n) is 8.61. The first-order valence-electron chi connectivity index (χ1n) is 4.92. The van der Waals surface area contributed by atoms with Crippen molar-refractivity contribution in [1.29, 1.82) is 0 Å². The van der Waals surface area contributed by atoms with E-state index in [1.807, 2.05) is 23.6 Å². The number of nitrogens with zero attached hydrogens (tertiary/aromatic N) is 1. The van der Waals surface area contributed by atoms with Crippen molar-refractivity contribution >= 4 is 51.5 Å². The number of fused-ring (bicyclic) bond motifs is 1. The van der Waals surface area contributed by atoms with Crippen molar-refractivity contribution in [3.05, 3.63) is 41.0 Å². The lowest BCUT2D eigenvalue weighted by molar-refractivity contribution is 1.25. The summed E-state index contributed by atoms with van der Waals surface area (Å²) in [5, 5.41) is 3.72. The van der Waals surface area contributed by atoms with Crippen molar-refractivity contribution in [1.82, 2.24) is 9.97 Å². The van der Waals surface area contributed by atoms with Crippen molar-refractivity contribution in [3.8, 4) is 0 Å². The number of aromatic nitrogens is 2. The Morgan fingerprint density at radius 1 is 1.41 bits per heavy atom. The minimum atomic E-state index is 0.739. The number of anilines is 1. The Morgan fingerprint density at radius 3 is 3.18 bits per heavy atom. The van der Waals surface area contributed by atoms with Crippen LogP contribution in [-0.4, -0.2) is 9.97 Å². The van der Waals surface area contributed by atoms with Crippen LogP contribution in [0.5, 0.6) is 0 Å². The molecule has 3 aromatic rings. The first kappa shape index (κ1) is 11.0. The van der Waals surface area contributed by atoms with Gasteiger partial charge in [0.05, 0.1) is 16.2 Å². The fourth-order valence-electron chi connectivity index (χ4n) is 1.56. The van der Waals surface area contributed by atoms with Crippen molar-refractivity contribution in [2.75, 3.05) is 4.72 Å². The van der Waals surface area contributed by atoms with Crippen LogP contribution < -0.4 is 4.72 Å². The Bertz CT molecular complexity index is 633. The summed E-state index contributed by atoms with van der Waals surface area (Å²) < 4.78 is 4.26. The molecular formula is C11H8ClN3S2. The largest absolute Gasteiger partial charge is 0.358 e. The van der Waals surface area contributed by atoms with E-state index in [9.17, 15) is 0 Å². The minimum absolute atomic E-state index is 0.739. The van der Waals surface area contributed by atoms with Gasteiger partial charge in [0, 0.05) is 35.1 Å². The third kappa shape index (κ3) is 2.13. The third-order valence-electron chi connectivity index (χ3n) is 2.32. The van der Waals surface area contributed by atoms with Crippen LogP contribution in [0.4, 0.5) is 5.69 Å². The molecule has 0 amide bonds. The minimum Gasteiger partial charge on any atom is -0.358 e. The standard InChI is InChI=1S/C11H8ClN3S2/c12-8-6-14-10-7(8)2-1-3-9(10)15-17-11-13-4-5-16-11/h1-6,14-15H. The van der Waals surface area contributed by atoms with Gasteiger partial charge < -0.3 is 9.71 Å². The summed E-state index contributed by atoms with van der Waals surface area (Å²) in [4.78, 5) is 7.36. The van der Waals surface area contributed by atoms with E-state index in [0.29, 0.717) is 0 Å². The quantitative estimate of drug-likeness (QED) is 0.699. The number of rotatable bonds is 3. The van der Waals surface area contributed by atoms with Crippen LogP contribution in [0.2, 0.25) is 5.02 Å². The first-order chi connectivity index (χ1) is 8.34. The van der Waals surface area contributed by atoms with Crippen LogP contribution in [0.25, 0.3) is 10.9 Å². The lowest BCUT2D eigenvalue weighted by atomic mass is 10.2. The van der Waals surface area contributed by atoms with Gasteiger partial charge in [-0.2, -0.15) is 0 Å². The lowest BCUT2D eigenvalue weighted by Crippen LogP contribution is -1.87. The molecule has 0 aliphatic rings. The number of hydrogen-bond donors (Lipinski definition) is 2. The van der Waals surface area contributed by atoms with E-state index in [2.05, 4.69) is 14.7 Å². The van der Waals surface area contributed by atoms with Crippen LogP contribution in [0, 0.1) is 0 Å². The SMILES string of the molecule is Clc1c[nH]c2c(NSc3nccs3)cccc12. The fraction of sp³-hybridized carbons (Fsp3) is 0. The summed E-state index contributed by atoms with van der Waals surface area (Å²) in [6.45, 7) is 0. The van der Waals surface area contributed by atoms with E-state index in [1.165, 1.54) is 11.9 Å². The Hall–Kier alpha value is -1.17. The van der Waals surface area contributed by atoms with E-state index in [0.717, 1.165) is 26.0 Å². The lowest BCUT2D eigenvalue weighted by Gasteiger charge is -2.04. The molecule has 0 unspecified atom stereocenters. The van der Waals surface area contributed by atoms with E-state index >= 15 is 0 Å². The predicted octanol–water partition coefficient (Wildman–Crippen LogP) is 4.40. The molecule has 0 aliphatic heterocycles. The predicted molar refractivity (Wildman–Crippen MR) is 74.9 cm³/mol. The molecule has 0 fully saturated rings. The fourth-order valence-corrected chi connectivity index (χ4v) is 3.10. The summed E-state index contributed by atoms with van der Waals surface area (Å²) in [6, 6.07) is 5.98. The number of benzene rings is 1. The van der Waals surface area contributed by atoms with Gasteiger partial charge in [-0.15, -0.1) is 11.3 Å². The molecule has 6 heteroatoms. The van der Waals surface area contributed by atoms with Crippen molar-refractivity contribution in [2.24, 2.45) is 0 Å². The second-order valence-corrected chi connectivity index (χ2v) is 5.72. The highest BCUT2D eigenvalue weighted by molar-refractivity contribution is 8.02. The molecule has 0 saturated carbocycles. The van der Waals surface area contributed by atoms with Gasteiger partial charge >= 0.3 is 0 Å². The topological polar surface area (TPSA) is 40.7 Å². The molecule has 1 aromatic carbocycles. The van der Waals surface area contributed by atoms with Gasteiger partial charge in [-0.05, 0) is 6.07 Å². The Kier molecular flexibility index (Phi) is 2.96. The Labute approximate surface area is 111 Å². The van der Waals surface area contributed by atoms with Crippen molar-refractivity contribution < 1.29 is 0 Å². The molecule has 17 heavy (non-hydrogen) atoms. The summed E-state index contributed by atoms with van der Waals surface area (Å²) in [7, 11) is 0. The van der Waals surface area contributed by atoms with Crippen LogP contribution in [0.1, 0.15) is 0 Å². The Balaban J connectivity index is 1.90. The average molecular weight is 282 g/mol. The van der Waals surface area contributed by atoms with Gasteiger partial charge in [-0.3, -0.25) is 0 Å². The van der Waals surface area contributed by atoms with Crippen molar-refractivity contribution in [3.63, 3.8) is 0 Å². The van der Waals surface area contributed by atoms with Gasteiger partial charge in [-0.25, -0.2) is 4.98 Å². The van der Waals surface area contributed by atoms with E-state index in [-0.39, 0.29) is 0 Å². The highest BCUT2D eigenvalue weighted by Gasteiger charge is 2.06. The molecule has 2 N–H and O–H groups in total. The molecule has 0 saturated heterocycles. The van der Waals surface area contributed by atoms with E-state index in [1.54, 1.807) is 23.7 Å². The summed E-state index contributed by atoms with van der Waals surface area (Å²) in [6.07, 6.45) is 3.59. The summed E-state index contributed by atoms with van der Waals surface area (Å²) in [5.74, 6) is 0. The molecule has 0 atom stereocenters. The molecule has 0 radical (unpaired) electrons. The smallest absolute Gasteiger partial charge is 0.170 e. The highest BCUT2D eigenvalue weighted by atomic mass is 35.5. The number of hydrogen-bond acceptors (Lipinski definition) is 4. The average Bonchev–Trinajstić information content (AvgIpc) is 2.97. The van der Waals surface area contributed by atoms with Gasteiger partial charge in [0.15, 0.2) is 4.34 Å². The number of aromatic amines is 1. The first-order valence-corrected chi connectivity index (χ1v) is 7.00. The summed E-state index contributed by atoms with van der Waals surface area (Å²) >= 11 is 9.17. The van der Waals surface area contributed by atoms with Gasteiger partial charge in [-0.1, -0.05) is 23.7 Å². The molecule has 2 heterocycles. The third-order valence-corrected chi connectivity index (χ3v) is 4.34. The number of thiazole rings is 1. The van der Waals surface area contributed by atoms with Crippen LogP contribution in [0.15, 0.2) is 40.3 Å². The zero-order valence-corrected chi connectivity index (χ0v) is 11.0. The van der Waals surface area contributed by atoms with Crippen LogP contribution >= 0.6 is 34.9 Å². The Morgan fingerprint density at radius 2 is 2.35 bits per heavy atom. The van der Waals surface area contributed by atoms with Gasteiger partial charge in [0.1, 0.15) is 0 Å². The molecule has 0 aliphatic carbocycles. The molecule has 2 aromatic heterocycles. The molecule has 0 bridgehead atoms. The molecule has 3 nitrogen and oxygen atoms in total. The van der Waals surface area contributed by atoms with Crippen molar-refractivity contribution in [2.45, 2.75) is 4.34 Å². The zero-order chi connectivity index (χ0) is 11.7. The molecule has 3 rings (SSSR count). The maximum absolute atomic E-state index is 6.07. The summed E-state index contributed by atoms with van der Waals surface area (Å²) in [5.41, 5.74) is 2.02. The number of para-hydroxylation sites is 1. The van der Waals surface area contributed by atoms with Crippen LogP contribution in [0.3, 0.4) is 0 Å². The number of halogens is 1. The molecular weight excluding hydrogens is 274 g/mol. The highest BCUT2D eigenvalue weighted by Crippen LogP contribution is 2.31. The second-order valence-electron chi connectivity index (χ2n) is 3.37.